The summed E-state index contributed by atoms with van der Waals surface area (Å²) in [5.41, 5.74) is 2.27. The maximum atomic E-state index is 11.3. The highest BCUT2D eigenvalue weighted by Crippen LogP contribution is 2.26. The lowest BCUT2D eigenvalue weighted by atomic mass is 10.2. The minimum Gasteiger partial charge on any atom is -0.467 e. The molecule has 0 aliphatic heterocycles. The molecular formula is C12H16N2O2. The van der Waals surface area contributed by atoms with Gasteiger partial charge in [-0.2, -0.15) is 5.10 Å². The van der Waals surface area contributed by atoms with Crippen LogP contribution in [0.15, 0.2) is 18.3 Å². The molecule has 0 spiro atoms. The molecule has 0 bridgehead atoms. The highest BCUT2D eigenvalue weighted by Gasteiger charge is 2.17. The van der Waals surface area contributed by atoms with E-state index in [-0.39, 0.29) is 12.0 Å². The van der Waals surface area contributed by atoms with Crippen molar-refractivity contribution < 1.29 is 9.53 Å². The zero-order chi connectivity index (χ0) is 11.5. The molecule has 1 aliphatic rings. The topological polar surface area (TPSA) is 44.1 Å². The van der Waals surface area contributed by atoms with E-state index in [1.165, 1.54) is 19.1 Å². The van der Waals surface area contributed by atoms with E-state index in [9.17, 15) is 4.79 Å². The van der Waals surface area contributed by atoms with Crippen molar-refractivity contribution in [3.63, 3.8) is 0 Å². The van der Waals surface area contributed by atoms with Gasteiger partial charge in [-0.05, 0) is 37.8 Å². The summed E-state index contributed by atoms with van der Waals surface area (Å²) < 4.78 is 6.34. The van der Waals surface area contributed by atoms with Crippen molar-refractivity contribution in [3.8, 4) is 0 Å². The van der Waals surface area contributed by atoms with Crippen molar-refractivity contribution in [1.82, 2.24) is 9.78 Å². The number of carbonyl (C=O) groups is 1. The summed E-state index contributed by atoms with van der Waals surface area (Å²) in [6.07, 6.45) is 7.47. The summed E-state index contributed by atoms with van der Waals surface area (Å²) in [4.78, 5) is 11.3. The van der Waals surface area contributed by atoms with E-state index in [0.717, 1.165) is 18.5 Å². The third kappa shape index (κ3) is 2.01. The smallest absolute Gasteiger partial charge is 0.330 e. The average Bonchev–Trinajstić information content (AvgIpc) is 2.96. The van der Waals surface area contributed by atoms with E-state index < -0.39 is 0 Å². The third-order valence-electron chi connectivity index (χ3n) is 2.92. The zero-order valence-corrected chi connectivity index (χ0v) is 9.64. The molecule has 1 aromatic heterocycles. The molecule has 86 valence electrons. The van der Waals surface area contributed by atoms with Crippen molar-refractivity contribution in [2.24, 2.45) is 0 Å². The molecule has 1 aromatic rings. The van der Waals surface area contributed by atoms with Crippen LogP contribution in [-0.4, -0.2) is 22.9 Å². The highest BCUT2D eigenvalue weighted by molar-refractivity contribution is 5.73. The minimum absolute atomic E-state index is 0.268. The first-order valence-electron chi connectivity index (χ1n) is 5.55. The predicted octanol–water partition coefficient (Wildman–Crippen LogP) is 2.18. The van der Waals surface area contributed by atoms with Gasteiger partial charge in [-0.25, -0.2) is 4.79 Å². The van der Waals surface area contributed by atoms with Crippen LogP contribution in [0.3, 0.4) is 0 Å². The largest absolute Gasteiger partial charge is 0.467 e. The van der Waals surface area contributed by atoms with Gasteiger partial charge >= 0.3 is 5.97 Å². The molecule has 16 heavy (non-hydrogen) atoms. The summed E-state index contributed by atoms with van der Waals surface area (Å²) in [7, 11) is 1.39. The Labute approximate surface area is 94.9 Å². The molecule has 1 heterocycles. The molecular weight excluding hydrogens is 204 g/mol. The van der Waals surface area contributed by atoms with E-state index >= 15 is 0 Å². The van der Waals surface area contributed by atoms with Crippen LogP contribution >= 0.6 is 0 Å². The molecule has 0 N–H and O–H groups in total. The van der Waals surface area contributed by atoms with E-state index in [0.29, 0.717) is 0 Å². The maximum Gasteiger partial charge on any atom is 0.330 e. The Morgan fingerprint density at radius 1 is 1.62 bits per heavy atom. The second-order valence-electron chi connectivity index (χ2n) is 4.00. The van der Waals surface area contributed by atoms with Crippen LogP contribution in [0, 0.1) is 0 Å². The molecule has 0 amide bonds. The van der Waals surface area contributed by atoms with Crippen LogP contribution in [0.5, 0.6) is 0 Å². The van der Waals surface area contributed by atoms with E-state index in [1.54, 1.807) is 11.6 Å². The van der Waals surface area contributed by atoms with Gasteiger partial charge in [0, 0.05) is 6.20 Å². The predicted molar refractivity (Wildman–Crippen MR) is 60.8 cm³/mol. The van der Waals surface area contributed by atoms with Gasteiger partial charge < -0.3 is 4.74 Å². The summed E-state index contributed by atoms with van der Waals surface area (Å²) in [5, 5.41) is 4.41. The molecule has 0 saturated carbocycles. The summed E-state index contributed by atoms with van der Waals surface area (Å²) in [5.74, 6) is -0.268. The van der Waals surface area contributed by atoms with Crippen molar-refractivity contribution in [3.05, 3.63) is 24.0 Å². The second-order valence-corrected chi connectivity index (χ2v) is 4.00. The van der Waals surface area contributed by atoms with Gasteiger partial charge in [-0.15, -0.1) is 0 Å². The lowest BCUT2D eigenvalue weighted by molar-refractivity contribution is -0.144. The number of aromatic nitrogens is 2. The SMILES string of the molecule is COC(=O)C(C)n1ccc(C2=CCCC2)n1. The maximum absolute atomic E-state index is 11.3. The van der Waals surface area contributed by atoms with E-state index in [1.807, 2.05) is 12.3 Å². The number of ether oxygens (including phenoxy) is 1. The van der Waals surface area contributed by atoms with E-state index in [2.05, 4.69) is 15.9 Å². The summed E-state index contributed by atoms with van der Waals surface area (Å²) >= 11 is 0. The highest BCUT2D eigenvalue weighted by atomic mass is 16.5. The Balaban J connectivity index is 2.16. The quantitative estimate of drug-likeness (QED) is 0.733. The molecule has 1 atom stereocenters. The van der Waals surface area contributed by atoms with Gasteiger partial charge in [0.2, 0.25) is 0 Å². The number of carbonyl (C=O) groups excluding carboxylic acids is 1. The number of hydrogen-bond acceptors (Lipinski definition) is 3. The van der Waals surface area contributed by atoms with E-state index in [4.69, 9.17) is 0 Å². The van der Waals surface area contributed by atoms with Crippen molar-refractivity contribution >= 4 is 11.5 Å². The number of nitrogens with zero attached hydrogens (tertiary/aromatic N) is 2. The molecule has 2 rings (SSSR count). The van der Waals surface area contributed by atoms with Crippen LogP contribution < -0.4 is 0 Å². The molecule has 1 unspecified atom stereocenters. The van der Waals surface area contributed by atoms with Gasteiger partial charge in [0.05, 0.1) is 12.8 Å². The third-order valence-corrected chi connectivity index (χ3v) is 2.92. The second kappa shape index (κ2) is 4.51. The monoisotopic (exact) mass is 220 g/mol. The van der Waals surface area contributed by atoms with Crippen LogP contribution in [0.25, 0.3) is 5.57 Å². The van der Waals surface area contributed by atoms with Crippen LogP contribution in [0.4, 0.5) is 0 Å². The van der Waals surface area contributed by atoms with Crippen LogP contribution in [-0.2, 0) is 9.53 Å². The van der Waals surface area contributed by atoms with Gasteiger partial charge in [0.25, 0.3) is 0 Å². The number of methoxy groups -OCH3 is 1. The number of esters is 1. The van der Waals surface area contributed by atoms with Crippen LogP contribution in [0.1, 0.15) is 37.9 Å². The summed E-state index contributed by atoms with van der Waals surface area (Å²) in [6, 6.07) is 1.59. The first-order chi connectivity index (χ1) is 7.72. The Hall–Kier alpha value is -1.58. The normalized spacial score (nSPS) is 17.0. The minimum atomic E-state index is -0.360. The molecule has 0 fully saturated rings. The molecule has 1 aliphatic carbocycles. The summed E-state index contributed by atoms with van der Waals surface area (Å²) in [6.45, 7) is 1.78. The number of rotatable bonds is 3. The number of allylic oxidation sites excluding steroid dienone is 2. The fraction of sp³-hybridized carbons (Fsp3) is 0.500. The number of hydrogen-bond donors (Lipinski definition) is 0. The van der Waals surface area contributed by atoms with Gasteiger partial charge in [-0.3, -0.25) is 4.68 Å². The molecule has 4 heteroatoms. The lowest BCUT2D eigenvalue weighted by Crippen LogP contribution is -2.18. The van der Waals surface area contributed by atoms with Gasteiger partial charge in [-0.1, -0.05) is 6.08 Å². The Kier molecular flexibility index (Phi) is 3.08. The Morgan fingerprint density at radius 2 is 2.44 bits per heavy atom. The first-order valence-corrected chi connectivity index (χ1v) is 5.55. The zero-order valence-electron chi connectivity index (χ0n) is 9.64. The average molecular weight is 220 g/mol. The standard InChI is InChI=1S/C12H16N2O2/c1-9(12(15)16-2)14-8-7-11(13-14)10-5-3-4-6-10/h5,7-9H,3-4,6H2,1-2H3. The fourth-order valence-corrected chi connectivity index (χ4v) is 1.91. The van der Waals surface area contributed by atoms with Crippen molar-refractivity contribution in [2.75, 3.05) is 7.11 Å². The van der Waals surface area contributed by atoms with Crippen molar-refractivity contribution in [1.29, 1.82) is 0 Å². The van der Waals surface area contributed by atoms with Crippen LogP contribution in [0.2, 0.25) is 0 Å². The fourth-order valence-electron chi connectivity index (χ4n) is 1.91. The molecule has 4 nitrogen and oxygen atoms in total. The molecule has 0 aromatic carbocycles. The Bertz CT molecular complexity index is 420. The lowest BCUT2D eigenvalue weighted by Gasteiger charge is -2.08. The first kappa shape index (κ1) is 10.9. The molecule has 0 saturated heterocycles. The molecule has 0 radical (unpaired) electrons. The Morgan fingerprint density at radius 3 is 3.06 bits per heavy atom. The van der Waals surface area contributed by atoms with Gasteiger partial charge in [0.15, 0.2) is 0 Å². The van der Waals surface area contributed by atoms with Gasteiger partial charge in [0.1, 0.15) is 6.04 Å². The van der Waals surface area contributed by atoms with Crippen molar-refractivity contribution in [2.45, 2.75) is 32.2 Å².